The first-order valence-electron chi connectivity index (χ1n) is 7.40. The Morgan fingerprint density at radius 1 is 1.19 bits per heavy atom. The number of carbonyl (C=O) groups is 3. The number of nitro benzene ring substituents is 1. The number of esters is 1. The number of rotatable bonds is 6. The lowest BCUT2D eigenvalue weighted by Gasteiger charge is -2.09. The highest BCUT2D eigenvalue weighted by Crippen LogP contribution is 2.19. The van der Waals surface area contributed by atoms with Crippen LogP contribution in [0.3, 0.4) is 0 Å². The van der Waals surface area contributed by atoms with Gasteiger partial charge in [0.25, 0.3) is 17.5 Å². The lowest BCUT2D eigenvalue weighted by molar-refractivity contribution is -0.385. The summed E-state index contributed by atoms with van der Waals surface area (Å²) in [6, 6.07) is 9.87. The molecule has 0 atom stereocenters. The summed E-state index contributed by atoms with van der Waals surface area (Å²) in [4.78, 5) is 45.4. The predicted octanol–water partition coefficient (Wildman–Crippen LogP) is 1.80. The molecule has 2 amide bonds. The predicted molar refractivity (Wildman–Crippen MR) is 91.7 cm³/mol. The smallest absolute Gasteiger partial charge is 0.338 e. The number of amides is 2. The second kappa shape index (κ2) is 7.88. The van der Waals surface area contributed by atoms with Crippen LogP contribution in [0.5, 0.6) is 0 Å². The fourth-order valence-corrected chi connectivity index (χ4v) is 2.19. The minimum absolute atomic E-state index is 0.0819. The van der Waals surface area contributed by atoms with Gasteiger partial charge in [0.2, 0.25) is 0 Å². The second-order valence-electron chi connectivity index (χ2n) is 5.29. The maximum atomic E-state index is 12.0. The van der Waals surface area contributed by atoms with Crippen molar-refractivity contribution in [3.05, 3.63) is 69.3 Å². The lowest BCUT2D eigenvalue weighted by Crippen LogP contribution is -2.23. The molecule has 0 spiro atoms. The summed E-state index contributed by atoms with van der Waals surface area (Å²) in [5, 5.41) is 13.2. The van der Waals surface area contributed by atoms with Crippen molar-refractivity contribution < 1.29 is 24.0 Å². The van der Waals surface area contributed by atoms with E-state index in [9.17, 15) is 24.5 Å². The minimum atomic E-state index is -0.804. The van der Waals surface area contributed by atoms with E-state index in [1.807, 2.05) is 0 Å². The van der Waals surface area contributed by atoms with Crippen LogP contribution in [0.25, 0.3) is 0 Å². The van der Waals surface area contributed by atoms with E-state index < -0.39 is 29.3 Å². The summed E-state index contributed by atoms with van der Waals surface area (Å²) in [7, 11) is 0. The summed E-state index contributed by atoms with van der Waals surface area (Å²) in [5.41, 5.74) is 5.79. The van der Waals surface area contributed by atoms with Gasteiger partial charge in [-0.15, -0.1) is 0 Å². The molecule has 0 heterocycles. The van der Waals surface area contributed by atoms with E-state index in [1.165, 1.54) is 37.3 Å². The first-order valence-corrected chi connectivity index (χ1v) is 7.40. The van der Waals surface area contributed by atoms with E-state index in [4.69, 9.17) is 10.5 Å². The van der Waals surface area contributed by atoms with Gasteiger partial charge in [-0.2, -0.15) is 0 Å². The summed E-state index contributed by atoms with van der Waals surface area (Å²) < 4.78 is 4.88. The summed E-state index contributed by atoms with van der Waals surface area (Å²) in [6.07, 6.45) is 0. The highest BCUT2D eigenvalue weighted by atomic mass is 16.6. The molecule has 9 heteroatoms. The average molecular weight is 357 g/mol. The molecule has 0 saturated heterocycles. The van der Waals surface area contributed by atoms with Gasteiger partial charge in [0.15, 0.2) is 6.61 Å². The largest absolute Gasteiger partial charge is 0.452 e. The lowest BCUT2D eigenvalue weighted by atomic mass is 10.1. The van der Waals surface area contributed by atoms with Crippen LogP contribution in [0.4, 0.5) is 11.4 Å². The quantitative estimate of drug-likeness (QED) is 0.458. The number of aryl methyl sites for hydroxylation is 1. The monoisotopic (exact) mass is 357 g/mol. The highest BCUT2D eigenvalue weighted by molar-refractivity contribution is 6.03. The molecule has 0 saturated carbocycles. The third-order valence-corrected chi connectivity index (χ3v) is 3.43. The Balaban J connectivity index is 1.99. The number of anilines is 1. The van der Waals surface area contributed by atoms with Crippen molar-refractivity contribution in [3.8, 4) is 0 Å². The van der Waals surface area contributed by atoms with Crippen LogP contribution in [0.1, 0.15) is 26.3 Å². The van der Waals surface area contributed by atoms with Gasteiger partial charge in [0.05, 0.1) is 21.7 Å². The molecule has 0 bridgehead atoms. The van der Waals surface area contributed by atoms with Crippen LogP contribution in [-0.2, 0) is 9.53 Å². The van der Waals surface area contributed by atoms with Gasteiger partial charge in [-0.25, -0.2) is 4.79 Å². The summed E-state index contributed by atoms with van der Waals surface area (Å²) in [5.74, 6) is -2.17. The molecule has 0 aliphatic heterocycles. The summed E-state index contributed by atoms with van der Waals surface area (Å²) in [6.45, 7) is 0.893. The Kier molecular flexibility index (Phi) is 5.63. The van der Waals surface area contributed by atoms with Crippen LogP contribution in [0.15, 0.2) is 42.5 Å². The van der Waals surface area contributed by atoms with Crippen molar-refractivity contribution in [1.29, 1.82) is 0 Å². The molecule has 0 aromatic heterocycles. The van der Waals surface area contributed by atoms with Crippen LogP contribution < -0.4 is 11.1 Å². The molecule has 0 radical (unpaired) electrons. The van der Waals surface area contributed by atoms with E-state index >= 15 is 0 Å². The Morgan fingerprint density at radius 2 is 1.88 bits per heavy atom. The first kappa shape index (κ1) is 18.6. The van der Waals surface area contributed by atoms with Gasteiger partial charge in [0, 0.05) is 11.6 Å². The second-order valence-corrected chi connectivity index (χ2v) is 5.29. The van der Waals surface area contributed by atoms with Crippen molar-refractivity contribution >= 4 is 29.2 Å². The number of ether oxygens (including phenoxy) is 1. The molecular formula is C17H15N3O6. The van der Waals surface area contributed by atoms with Gasteiger partial charge >= 0.3 is 5.97 Å². The normalized spacial score (nSPS) is 10.0. The number of para-hydroxylation sites is 1. The average Bonchev–Trinajstić information content (AvgIpc) is 2.59. The minimum Gasteiger partial charge on any atom is -0.452 e. The third-order valence-electron chi connectivity index (χ3n) is 3.43. The molecule has 2 rings (SSSR count). The molecule has 2 aromatic rings. The Hall–Kier alpha value is -3.75. The molecule has 3 N–H and O–H groups in total. The van der Waals surface area contributed by atoms with Crippen molar-refractivity contribution in [2.75, 3.05) is 11.9 Å². The topological polar surface area (TPSA) is 142 Å². The van der Waals surface area contributed by atoms with E-state index in [1.54, 1.807) is 12.1 Å². The molecule has 26 heavy (non-hydrogen) atoms. The Morgan fingerprint density at radius 3 is 2.50 bits per heavy atom. The molecule has 9 nitrogen and oxygen atoms in total. The van der Waals surface area contributed by atoms with E-state index in [-0.39, 0.29) is 22.5 Å². The number of nitrogens with one attached hydrogen (secondary N) is 1. The van der Waals surface area contributed by atoms with Gasteiger partial charge in [-0.05, 0) is 31.2 Å². The molecule has 2 aromatic carbocycles. The fraction of sp³-hybridized carbons (Fsp3) is 0.118. The van der Waals surface area contributed by atoms with Gasteiger partial charge in [-0.3, -0.25) is 19.7 Å². The number of hydrogen-bond acceptors (Lipinski definition) is 6. The SMILES string of the molecule is Cc1cc(C(=O)OCC(=O)Nc2ccccc2C(N)=O)ccc1[N+](=O)[O-]. The van der Waals surface area contributed by atoms with Crippen molar-refractivity contribution in [1.82, 2.24) is 0 Å². The molecule has 0 aliphatic rings. The van der Waals surface area contributed by atoms with Crippen molar-refractivity contribution in [2.45, 2.75) is 6.92 Å². The number of carbonyl (C=O) groups excluding carboxylic acids is 3. The van der Waals surface area contributed by atoms with Gasteiger partial charge in [-0.1, -0.05) is 12.1 Å². The molecule has 0 aliphatic carbocycles. The highest BCUT2D eigenvalue weighted by Gasteiger charge is 2.16. The Labute approximate surface area is 147 Å². The van der Waals surface area contributed by atoms with E-state index in [0.29, 0.717) is 5.56 Å². The first-order chi connectivity index (χ1) is 12.3. The zero-order valence-corrected chi connectivity index (χ0v) is 13.7. The van der Waals surface area contributed by atoms with Gasteiger partial charge in [0.1, 0.15) is 0 Å². The van der Waals surface area contributed by atoms with Crippen LogP contribution >= 0.6 is 0 Å². The van der Waals surface area contributed by atoms with E-state index in [2.05, 4.69) is 5.32 Å². The van der Waals surface area contributed by atoms with Crippen molar-refractivity contribution in [2.24, 2.45) is 5.73 Å². The number of nitro groups is 1. The molecule has 0 fully saturated rings. The Bertz CT molecular complexity index is 894. The maximum Gasteiger partial charge on any atom is 0.338 e. The zero-order chi connectivity index (χ0) is 19.3. The van der Waals surface area contributed by atoms with Crippen molar-refractivity contribution in [3.63, 3.8) is 0 Å². The molecule has 0 unspecified atom stereocenters. The third kappa shape index (κ3) is 4.41. The number of benzene rings is 2. The zero-order valence-electron chi connectivity index (χ0n) is 13.7. The fourth-order valence-electron chi connectivity index (χ4n) is 2.19. The number of primary amides is 1. The molecule has 134 valence electrons. The molecular weight excluding hydrogens is 342 g/mol. The maximum absolute atomic E-state index is 12.0. The van der Waals surface area contributed by atoms with Crippen LogP contribution in [0, 0.1) is 17.0 Å². The number of nitrogens with two attached hydrogens (primary N) is 1. The van der Waals surface area contributed by atoms with Gasteiger partial charge < -0.3 is 15.8 Å². The number of nitrogens with zero attached hydrogens (tertiary/aromatic N) is 1. The standard InChI is InChI=1S/C17H15N3O6/c1-10-8-11(6-7-14(10)20(24)25)17(23)26-9-15(21)19-13-5-3-2-4-12(13)16(18)22/h2-8H,9H2,1H3,(H2,18,22)(H,19,21). The van der Waals surface area contributed by atoms with Crippen LogP contribution in [0.2, 0.25) is 0 Å². The number of hydrogen-bond donors (Lipinski definition) is 2. The van der Waals surface area contributed by atoms with Crippen LogP contribution in [-0.4, -0.2) is 29.3 Å². The van der Waals surface area contributed by atoms with E-state index in [0.717, 1.165) is 0 Å². The summed E-state index contributed by atoms with van der Waals surface area (Å²) >= 11 is 0.